The Morgan fingerprint density at radius 3 is 2.72 bits per heavy atom. The van der Waals surface area contributed by atoms with Gasteiger partial charge in [0, 0.05) is 24.9 Å². The number of hydrogen-bond acceptors (Lipinski definition) is 3. The Balaban J connectivity index is 2.71. The summed E-state index contributed by atoms with van der Waals surface area (Å²) >= 11 is 0. The van der Waals surface area contributed by atoms with Crippen molar-refractivity contribution in [2.24, 2.45) is 0 Å². The Bertz CT molecular complexity index is 454. The molecule has 0 unspecified atom stereocenters. The molecule has 0 fully saturated rings. The van der Waals surface area contributed by atoms with Gasteiger partial charge < -0.3 is 15.2 Å². The SMILES string of the molecule is COCCc1ccccc1NC(=O)/C=C/C(=O)O. The fraction of sp³-hybridized carbons (Fsp3) is 0.231. The number of aliphatic carboxylic acids is 1. The van der Waals surface area contributed by atoms with E-state index in [-0.39, 0.29) is 0 Å². The van der Waals surface area contributed by atoms with Crippen LogP contribution in [0.2, 0.25) is 0 Å². The van der Waals surface area contributed by atoms with Crippen LogP contribution in [0.15, 0.2) is 36.4 Å². The van der Waals surface area contributed by atoms with Crippen molar-refractivity contribution < 1.29 is 19.4 Å². The number of carboxylic acid groups (broad SMARTS) is 1. The quantitative estimate of drug-likeness (QED) is 0.748. The van der Waals surface area contributed by atoms with Crippen molar-refractivity contribution in [3.63, 3.8) is 0 Å². The first-order valence-electron chi connectivity index (χ1n) is 5.42. The van der Waals surface area contributed by atoms with Gasteiger partial charge in [-0.25, -0.2) is 4.79 Å². The molecule has 0 radical (unpaired) electrons. The highest BCUT2D eigenvalue weighted by Crippen LogP contribution is 2.15. The lowest BCUT2D eigenvalue weighted by molar-refractivity contribution is -0.131. The average molecular weight is 249 g/mol. The van der Waals surface area contributed by atoms with E-state index >= 15 is 0 Å². The molecule has 0 aliphatic rings. The van der Waals surface area contributed by atoms with E-state index in [9.17, 15) is 9.59 Å². The maximum absolute atomic E-state index is 11.5. The highest BCUT2D eigenvalue weighted by molar-refractivity contribution is 6.02. The summed E-state index contributed by atoms with van der Waals surface area (Å²) in [5.74, 6) is -1.62. The van der Waals surface area contributed by atoms with E-state index in [0.29, 0.717) is 18.7 Å². The number of hydrogen-bond donors (Lipinski definition) is 2. The van der Waals surface area contributed by atoms with Gasteiger partial charge in [0.15, 0.2) is 0 Å². The predicted octanol–water partition coefficient (Wildman–Crippen LogP) is 1.45. The molecule has 0 aromatic heterocycles. The second-order valence-electron chi connectivity index (χ2n) is 3.56. The van der Waals surface area contributed by atoms with Gasteiger partial charge in [0.05, 0.1) is 6.61 Å². The first-order valence-corrected chi connectivity index (χ1v) is 5.42. The van der Waals surface area contributed by atoms with Gasteiger partial charge in [0.25, 0.3) is 0 Å². The van der Waals surface area contributed by atoms with E-state index < -0.39 is 11.9 Å². The van der Waals surface area contributed by atoms with Gasteiger partial charge in [-0.3, -0.25) is 4.79 Å². The molecular formula is C13H15NO4. The number of nitrogens with one attached hydrogen (secondary N) is 1. The minimum atomic E-state index is -1.15. The van der Waals surface area contributed by atoms with Crippen molar-refractivity contribution in [2.75, 3.05) is 19.0 Å². The number of rotatable bonds is 6. The zero-order chi connectivity index (χ0) is 13.4. The molecule has 0 heterocycles. The van der Waals surface area contributed by atoms with Crippen LogP contribution in [0.25, 0.3) is 0 Å². The second-order valence-corrected chi connectivity index (χ2v) is 3.56. The third-order valence-electron chi connectivity index (χ3n) is 2.23. The number of amides is 1. The number of carbonyl (C=O) groups excluding carboxylic acids is 1. The van der Waals surface area contributed by atoms with Crippen molar-refractivity contribution in [2.45, 2.75) is 6.42 Å². The molecule has 1 aromatic rings. The minimum absolute atomic E-state index is 0.470. The summed E-state index contributed by atoms with van der Waals surface area (Å²) in [6.07, 6.45) is 2.46. The molecular weight excluding hydrogens is 234 g/mol. The fourth-order valence-electron chi connectivity index (χ4n) is 1.39. The molecule has 0 atom stereocenters. The van der Waals surface area contributed by atoms with Crippen LogP contribution < -0.4 is 5.32 Å². The smallest absolute Gasteiger partial charge is 0.328 e. The number of benzene rings is 1. The molecule has 5 heteroatoms. The molecule has 0 aliphatic heterocycles. The maximum Gasteiger partial charge on any atom is 0.328 e. The Labute approximate surface area is 105 Å². The van der Waals surface area contributed by atoms with Gasteiger partial charge in [-0.2, -0.15) is 0 Å². The van der Waals surface area contributed by atoms with Gasteiger partial charge in [-0.05, 0) is 18.1 Å². The molecule has 2 N–H and O–H groups in total. The van der Waals surface area contributed by atoms with Crippen molar-refractivity contribution in [1.82, 2.24) is 0 Å². The average Bonchev–Trinajstić information content (AvgIpc) is 2.35. The predicted molar refractivity (Wildman–Crippen MR) is 67.4 cm³/mol. The number of carbonyl (C=O) groups is 2. The van der Waals surface area contributed by atoms with Crippen molar-refractivity contribution in [1.29, 1.82) is 0 Å². The van der Waals surface area contributed by atoms with Crippen molar-refractivity contribution in [3.05, 3.63) is 42.0 Å². The van der Waals surface area contributed by atoms with E-state index in [1.165, 1.54) is 0 Å². The summed E-state index contributed by atoms with van der Waals surface area (Å²) < 4.78 is 4.98. The molecule has 5 nitrogen and oxygen atoms in total. The molecule has 0 aliphatic carbocycles. The molecule has 18 heavy (non-hydrogen) atoms. The van der Waals surface area contributed by atoms with E-state index in [0.717, 1.165) is 17.7 Å². The highest BCUT2D eigenvalue weighted by atomic mass is 16.5. The Morgan fingerprint density at radius 1 is 1.33 bits per heavy atom. The molecule has 0 bridgehead atoms. The lowest BCUT2D eigenvalue weighted by atomic mass is 10.1. The molecule has 1 rings (SSSR count). The van der Waals surface area contributed by atoms with Crippen LogP contribution in [-0.4, -0.2) is 30.7 Å². The summed E-state index contributed by atoms with van der Waals surface area (Å²) in [6.45, 7) is 0.553. The largest absolute Gasteiger partial charge is 0.478 e. The lowest BCUT2D eigenvalue weighted by Gasteiger charge is -2.09. The first-order chi connectivity index (χ1) is 8.63. The van der Waals surface area contributed by atoms with E-state index in [1.54, 1.807) is 19.2 Å². The molecule has 0 saturated heterocycles. The number of anilines is 1. The zero-order valence-corrected chi connectivity index (χ0v) is 10.1. The zero-order valence-electron chi connectivity index (χ0n) is 10.1. The number of para-hydroxylation sites is 1. The first kappa shape index (κ1) is 13.9. The van der Waals surface area contributed by atoms with Crippen LogP contribution >= 0.6 is 0 Å². The summed E-state index contributed by atoms with van der Waals surface area (Å²) in [5, 5.41) is 11.0. The van der Waals surface area contributed by atoms with Crippen LogP contribution in [0.1, 0.15) is 5.56 Å². The van der Waals surface area contributed by atoms with Gasteiger partial charge >= 0.3 is 5.97 Å². The topological polar surface area (TPSA) is 75.6 Å². The van der Waals surface area contributed by atoms with Crippen molar-refractivity contribution in [3.8, 4) is 0 Å². The molecule has 0 saturated carbocycles. The summed E-state index contributed by atoms with van der Waals surface area (Å²) in [6, 6.07) is 7.31. The van der Waals surface area contributed by atoms with Crippen LogP contribution in [0, 0.1) is 0 Å². The Kier molecular flexibility index (Phi) is 5.60. The van der Waals surface area contributed by atoms with Crippen LogP contribution in [0.5, 0.6) is 0 Å². The molecule has 1 aromatic carbocycles. The minimum Gasteiger partial charge on any atom is -0.478 e. The van der Waals surface area contributed by atoms with E-state index in [2.05, 4.69) is 5.32 Å². The van der Waals surface area contributed by atoms with Gasteiger partial charge in [0.1, 0.15) is 0 Å². The maximum atomic E-state index is 11.5. The van der Waals surface area contributed by atoms with Gasteiger partial charge in [-0.1, -0.05) is 18.2 Å². The standard InChI is InChI=1S/C13H15NO4/c1-18-9-8-10-4-2-3-5-11(10)14-12(15)6-7-13(16)17/h2-7H,8-9H2,1H3,(H,14,15)(H,16,17)/b7-6+. The fourth-order valence-corrected chi connectivity index (χ4v) is 1.39. The molecule has 1 amide bonds. The molecule has 96 valence electrons. The lowest BCUT2D eigenvalue weighted by Crippen LogP contribution is -2.11. The van der Waals surface area contributed by atoms with Crippen LogP contribution in [0.3, 0.4) is 0 Å². The molecule has 0 spiro atoms. The van der Waals surface area contributed by atoms with Crippen molar-refractivity contribution >= 4 is 17.6 Å². The van der Waals surface area contributed by atoms with Gasteiger partial charge in [0.2, 0.25) is 5.91 Å². The van der Waals surface area contributed by atoms with Crippen LogP contribution in [-0.2, 0) is 20.7 Å². The Hall–Kier alpha value is -2.14. The number of carboxylic acids is 1. The normalized spacial score (nSPS) is 10.5. The summed E-state index contributed by atoms with van der Waals surface area (Å²) in [5.41, 5.74) is 1.60. The number of methoxy groups -OCH3 is 1. The number of ether oxygens (including phenoxy) is 1. The third-order valence-corrected chi connectivity index (χ3v) is 2.23. The van der Waals surface area contributed by atoms with Gasteiger partial charge in [-0.15, -0.1) is 0 Å². The van der Waals surface area contributed by atoms with Crippen LogP contribution in [0.4, 0.5) is 5.69 Å². The van der Waals surface area contributed by atoms with E-state index in [1.807, 2.05) is 12.1 Å². The second kappa shape index (κ2) is 7.24. The summed E-state index contributed by atoms with van der Waals surface area (Å²) in [7, 11) is 1.61. The van der Waals surface area contributed by atoms with E-state index in [4.69, 9.17) is 9.84 Å². The monoisotopic (exact) mass is 249 g/mol. The highest BCUT2D eigenvalue weighted by Gasteiger charge is 2.04. The summed E-state index contributed by atoms with van der Waals surface area (Å²) in [4.78, 5) is 21.7. The Morgan fingerprint density at radius 2 is 2.06 bits per heavy atom. The third kappa shape index (κ3) is 4.80.